The molecule has 5 rings (SSSR count). The minimum absolute atomic E-state index is 0.135. The highest BCUT2D eigenvalue weighted by Gasteiger charge is 2.31. The minimum atomic E-state index is -0.440. The third-order valence-electron chi connectivity index (χ3n) is 6.42. The SMILES string of the molecule is Cc1ncc(NC(=O)CN2CCOCC2(C)C)cc1NC(=O)c1nnc2cc(-c3cnn(C)c3)ccn12. The molecule has 2 N–H and O–H groups in total. The van der Waals surface area contributed by atoms with Crippen LogP contribution in [-0.2, 0) is 16.6 Å². The van der Waals surface area contributed by atoms with Crippen molar-refractivity contribution in [3.05, 3.63) is 54.5 Å². The van der Waals surface area contributed by atoms with Crippen molar-refractivity contribution in [1.29, 1.82) is 0 Å². The monoisotopic (exact) mass is 503 g/mol. The van der Waals surface area contributed by atoms with E-state index in [1.165, 1.54) is 0 Å². The maximum Gasteiger partial charge on any atom is 0.294 e. The van der Waals surface area contributed by atoms with Gasteiger partial charge in [0.2, 0.25) is 11.7 Å². The molecule has 5 heterocycles. The molecule has 2 amide bonds. The maximum absolute atomic E-state index is 13.1. The van der Waals surface area contributed by atoms with E-state index in [-0.39, 0.29) is 23.8 Å². The lowest BCUT2D eigenvalue weighted by atomic mass is 10.0. The van der Waals surface area contributed by atoms with Gasteiger partial charge in [0.1, 0.15) is 0 Å². The Morgan fingerprint density at radius 2 is 1.97 bits per heavy atom. The Kier molecular flexibility index (Phi) is 6.44. The van der Waals surface area contributed by atoms with Crippen LogP contribution >= 0.6 is 0 Å². The lowest BCUT2D eigenvalue weighted by Crippen LogP contribution is -2.55. The van der Waals surface area contributed by atoms with Crippen molar-refractivity contribution < 1.29 is 14.3 Å². The Labute approximate surface area is 213 Å². The fourth-order valence-electron chi connectivity index (χ4n) is 4.26. The van der Waals surface area contributed by atoms with Crippen molar-refractivity contribution in [3.8, 4) is 11.1 Å². The summed E-state index contributed by atoms with van der Waals surface area (Å²) in [5, 5.41) is 18.2. The number of aromatic nitrogens is 6. The molecule has 0 atom stereocenters. The van der Waals surface area contributed by atoms with E-state index in [0.29, 0.717) is 42.5 Å². The van der Waals surface area contributed by atoms with Crippen LogP contribution in [0.4, 0.5) is 11.4 Å². The van der Waals surface area contributed by atoms with Gasteiger partial charge in [-0.15, -0.1) is 10.2 Å². The van der Waals surface area contributed by atoms with Crippen molar-refractivity contribution in [2.75, 3.05) is 36.9 Å². The summed E-state index contributed by atoms with van der Waals surface area (Å²) in [6, 6.07) is 5.41. The second kappa shape index (κ2) is 9.71. The Morgan fingerprint density at radius 3 is 2.73 bits per heavy atom. The smallest absolute Gasteiger partial charge is 0.294 e. The highest BCUT2D eigenvalue weighted by molar-refractivity contribution is 6.03. The average molecular weight is 504 g/mol. The number of carbonyl (C=O) groups excluding carboxylic acids is 2. The molecule has 12 heteroatoms. The molecule has 0 aliphatic carbocycles. The maximum atomic E-state index is 13.1. The number of amides is 2. The van der Waals surface area contributed by atoms with Gasteiger partial charge in [0.25, 0.3) is 5.91 Å². The van der Waals surface area contributed by atoms with E-state index in [0.717, 1.165) is 11.1 Å². The van der Waals surface area contributed by atoms with E-state index in [1.54, 1.807) is 40.7 Å². The third kappa shape index (κ3) is 5.20. The molecule has 0 radical (unpaired) electrons. The van der Waals surface area contributed by atoms with Gasteiger partial charge >= 0.3 is 0 Å². The number of anilines is 2. The van der Waals surface area contributed by atoms with Gasteiger partial charge in [-0.05, 0) is 44.5 Å². The minimum Gasteiger partial charge on any atom is -0.378 e. The van der Waals surface area contributed by atoms with Gasteiger partial charge in [0, 0.05) is 37.1 Å². The van der Waals surface area contributed by atoms with Crippen LogP contribution in [0, 0.1) is 6.92 Å². The van der Waals surface area contributed by atoms with Crippen LogP contribution in [0.5, 0.6) is 0 Å². The van der Waals surface area contributed by atoms with E-state index < -0.39 is 5.91 Å². The van der Waals surface area contributed by atoms with E-state index in [9.17, 15) is 9.59 Å². The second-order valence-electron chi connectivity index (χ2n) is 9.72. The number of morpholine rings is 1. The fraction of sp³-hybridized carbons (Fsp3) is 0.360. The van der Waals surface area contributed by atoms with Crippen LogP contribution in [0.3, 0.4) is 0 Å². The van der Waals surface area contributed by atoms with E-state index in [2.05, 4.69) is 35.8 Å². The third-order valence-corrected chi connectivity index (χ3v) is 6.42. The zero-order valence-corrected chi connectivity index (χ0v) is 21.2. The molecule has 1 aliphatic rings. The molecular formula is C25H29N9O3. The van der Waals surface area contributed by atoms with Gasteiger partial charge < -0.3 is 15.4 Å². The van der Waals surface area contributed by atoms with Crippen molar-refractivity contribution in [2.24, 2.45) is 7.05 Å². The van der Waals surface area contributed by atoms with Gasteiger partial charge in [-0.2, -0.15) is 5.10 Å². The van der Waals surface area contributed by atoms with Crippen molar-refractivity contribution in [1.82, 2.24) is 34.3 Å². The first kappa shape index (κ1) is 24.5. The summed E-state index contributed by atoms with van der Waals surface area (Å²) < 4.78 is 8.87. The molecule has 192 valence electrons. The summed E-state index contributed by atoms with van der Waals surface area (Å²) in [5.74, 6) is -0.466. The number of ether oxygens (including phenoxy) is 1. The van der Waals surface area contributed by atoms with Gasteiger partial charge in [-0.25, -0.2) is 0 Å². The lowest BCUT2D eigenvalue weighted by molar-refractivity contribution is -0.122. The number of nitrogens with one attached hydrogen (secondary N) is 2. The first-order chi connectivity index (χ1) is 17.7. The first-order valence-corrected chi connectivity index (χ1v) is 11.9. The molecular weight excluding hydrogens is 474 g/mol. The highest BCUT2D eigenvalue weighted by Crippen LogP contribution is 2.22. The van der Waals surface area contributed by atoms with Gasteiger partial charge in [-0.3, -0.25) is 28.6 Å². The van der Waals surface area contributed by atoms with Crippen LogP contribution in [0.15, 0.2) is 43.0 Å². The van der Waals surface area contributed by atoms with Crippen LogP contribution < -0.4 is 10.6 Å². The quantitative estimate of drug-likeness (QED) is 0.409. The zero-order valence-electron chi connectivity index (χ0n) is 21.2. The van der Waals surface area contributed by atoms with E-state index in [1.807, 2.05) is 39.2 Å². The predicted octanol–water partition coefficient (Wildman–Crippen LogP) is 2.13. The number of fused-ring (bicyclic) bond motifs is 1. The lowest BCUT2D eigenvalue weighted by Gasteiger charge is -2.41. The topological polar surface area (TPSA) is 132 Å². The van der Waals surface area contributed by atoms with Crippen LogP contribution in [-0.4, -0.2) is 77.9 Å². The largest absolute Gasteiger partial charge is 0.378 e. The number of aryl methyl sites for hydroxylation is 2. The molecule has 1 aliphatic heterocycles. The van der Waals surface area contributed by atoms with Crippen molar-refractivity contribution >= 4 is 28.8 Å². The molecule has 12 nitrogen and oxygen atoms in total. The molecule has 37 heavy (non-hydrogen) atoms. The predicted molar refractivity (Wildman–Crippen MR) is 137 cm³/mol. The van der Waals surface area contributed by atoms with Gasteiger partial charge in [0.15, 0.2) is 5.65 Å². The molecule has 4 aromatic rings. The second-order valence-corrected chi connectivity index (χ2v) is 9.72. The molecule has 0 saturated carbocycles. The molecule has 0 aromatic carbocycles. The summed E-state index contributed by atoms with van der Waals surface area (Å²) in [4.78, 5) is 32.2. The van der Waals surface area contributed by atoms with Crippen LogP contribution in [0.2, 0.25) is 0 Å². The normalized spacial score (nSPS) is 15.6. The number of nitrogens with zero attached hydrogens (tertiary/aromatic N) is 7. The number of hydrogen-bond donors (Lipinski definition) is 2. The number of carbonyl (C=O) groups is 2. The Morgan fingerprint density at radius 1 is 1.14 bits per heavy atom. The van der Waals surface area contributed by atoms with Crippen LogP contribution in [0.25, 0.3) is 16.8 Å². The molecule has 4 aromatic heterocycles. The number of rotatable bonds is 6. The highest BCUT2D eigenvalue weighted by atomic mass is 16.5. The summed E-state index contributed by atoms with van der Waals surface area (Å²) >= 11 is 0. The summed E-state index contributed by atoms with van der Waals surface area (Å²) in [6.45, 7) is 7.97. The molecule has 0 spiro atoms. The van der Waals surface area contributed by atoms with Gasteiger partial charge in [0.05, 0.1) is 49.2 Å². The summed E-state index contributed by atoms with van der Waals surface area (Å²) in [7, 11) is 1.85. The number of pyridine rings is 2. The molecule has 1 saturated heterocycles. The summed E-state index contributed by atoms with van der Waals surface area (Å²) in [6.07, 6.45) is 6.99. The summed E-state index contributed by atoms with van der Waals surface area (Å²) in [5.41, 5.74) is 3.74. The van der Waals surface area contributed by atoms with Crippen molar-refractivity contribution in [2.45, 2.75) is 26.3 Å². The fourth-order valence-corrected chi connectivity index (χ4v) is 4.26. The Balaban J connectivity index is 1.29. The van der Waals surface area contributed by atoms with E-state index in [4.69, 9.17) is 4.74 Å². The van der Waals surface area contributed by atoms with Gasteiger partial charge in [-0.1, -0.05) is 0 Å². The van der Waals surface area contributed by atoms with E-state index >= 15 is 0 Å². The zero-order chi connectivity index (χ0) is 26.2. The molecule has 0 unspecified atom stereocenters. The molecule has 0 bridgehead atoms. The first-order valence-electron chi connectivity index (χ1n) is 11.9. The molecule has 1 fully saturated rings. The van der Waals surface area contributed by atoms with Crippen LogP contribution in [0.1, 0.15) is 30.2 Å². The number of hydrogen-bond acceptors (Lipinski definition) is 8. The van der Waals surface area contributed by atoms with Crippen molar-refractivity contribution in [3.63, 3.8) is 0 Å². The standard InChI is InChI=1S/C25H29N9O3/c1-16-20(10-19(12-26-16)28-22(35)14-33-7-8-37-15-25(33,2)3)29-24(36)23-31-30-21-9-17(5-6-34(21)23)18-11-27-32(4)13-18/h5-6,9-13H,7-8,14-15H2,1-4H3,(H,28,35)(H,29,36). The average Bonchev–Trinajstić information content (AvgIpc) is 3.48. The Bertz CT molecular complexity index is 1470. The Hall–Kier alpha value is -4.16.